The van der Waals surface area contributed by atoms with Gasteiger partial charge in [0.25, 0.3) is 0 Å². The third-order valence-electron chi connectivity index (χ3n) is 3.80. The van der Waals surface area contributed by atoms with E-state index in [4.69, 9.17) is 5.11 Å². The van der Waals surface area contributed by atoms with E-state index < -0.39 is 5.97 Å². The number of aromatic carboxylic acids is 1. The Bertz CT molecular complexity index is 392. The first-order chi connectivity index (χ1) is 8.08. The summed E-state index contributed by atoms with van der Waals surface area (Å²) in [5, 5.41) is 9.90. The van der Waals surface area contributed by atoms with Crippen LogP contribution in [0.1, 0.15) is 60.1 Å². The molecule has 1 aliphatic rings. The second-order valence-corrected chi connectivity index (χ2v) is 6.29. The molecule has 0 radical (unpaired) electrons. The molecular weight excluding hydrogens is 234 g/mol. The highest BCUT2D eigenvalue weighted by molar-refractivity contribution is 7.13. The lowest BCUT2D eigenvalue weighted by atomic mass is 9.77. The molecule has 1 fully saturated rings. The number of hydrogen-bond donors (Lipinski definition) is 1. The number of aromatic nitrogens is 1. The summed E-state index contributed by atoms with van der Waals surface area (Å²) in [6.45, 7) is 4.58. The largest absolute Gasteiger partial charge is 0.477 e. The van der Waals surface area contributed by atoms with Gasteiger partial charge in [-0.2, -0.15) is 0 Å². The van der Waals surface area contributed by atoms with Crippen molar-refractivity contribution in [3.05, 3.63) is 16.1 Å². The monoisotopic (exact) mass is 253 g/mol. The summed E-state index contributed by atoms with van der Waals surface area (Å²) in [4.78, 5) is 15.4. The summed E-state index contributed by atoms with van der Waals surface area (Å²) in [5.74, 6) is 1.24. The average molecular weight is 253 g/mol. The van der Waals surface area contributed by atoms with Crippen LogP contribution in [0.25, 0.3) is 0 Å². The maximum Gasteiger partial charge on any atom is 0.347 e. The number of carbonyl (C=O) groups is 1. The van der Waals surface area contributed by atoms with Gasteiger partial charge in [-0.25, -0.2) is 9.78 Å². The zero-order valence-electron chi connectivity index (χ0n) is 10.3. The molecule has 0 aromatic carbocycles. The molecule has 1 aromatic rings. The summed E-state index contributed by atoms with van der Waals surface area (Å²) in [5.41, 5.74) is 0. The summed E-state index contributed by atoms with van der Waals surface area (Å²) in [6.07, 6.45) is 6.33. The van der Waals surface area contributed by atoms with Gasteiger partial charge in [-0.3, -0.25) is 0 Å². The Balaban J connectivity index is 1.98. The third kappa shape index (κ3) is 2.86. The molecule has 17 heavy (non-hydrogen) atoms. The van der Waals surface area contributed by atoms with Crippen molar-refractivity contribution in [1.82, 2.24) is 4.98 Å². The molecule has 0 bridgehead atoms. The lowest BCUT2D eigenvalue weighted by Gasteiger charge is -2.29. The normalized spacial score (nSPS) is 25.1. The van der Waals surface area contributed by atoms with Crippen molar-refractivity contribution in [2.45, 2.75) is 45.4 Å². The smallest absolute Gasteiger partial charge is 0.347 e. The van der Waals surface area contributed by atoms with Gasteiger partial charge in [-0.15, -0.1) is 11.3 Å². The minimum Gasteiger partial charge on any atom is -0.477 e. The average Bonchev–Trinajstić information content (AvgIpc) is 2.78. The topological polar surface area (TPSA) is 50.2 Å². The van der Waals surface area contributed by atoms with Gasteiger partial charge in [-0.05, 0) is 37.5 Å². The molecule has 1 N–H and O–H groups in total. The molecule has 0 saturated heterocycles. The molecule has 1 saturated carbocycles. The van der Waals surface area contributed by atoms with E-state index >= 15 is 0 Å². The molecule has 1 aromatic heterocycles. The first-order valence-corrected chi connectivity index (χ1v) is 7.08. The van der Waals surface area contributed by atoms with Gasteiger partial charge in [0.1, 0.15) is 4.88 Å². The molecule has 1 heterocycles. The Morgan fingerprint density at radius 2 is 2.06 bits per heavy atom. The molecule has 4 heteroatoms. The maximum atomic E-state index is 10.8. The molecule has 0 amide bonds. The van der Waals surface area contributed by atoms with Crippen molar-refractivity contribution in [2.24, 2.45) is 11.8 Å². The highest BCUT2D eigenvalue weighted by Gasteiger charge is 2.26. The molecule has 0 aliphatic heterocycles. The molecule has 0 spiro atoms. The second-order valence-electron chi connectivity index (χ2n) is 5.22. The van der Waals surface area contributed by atoms with E-state index in [2.05, 4.69) is 18.8 Å². The fourth-order valence-corrected chi connectivity index (χ4v) is 3.53. The number of thiazole rings is 1. The fraction of sp³-hybridized carbons (Fsp3) is 0.692. The Morgan fingerprint density at radius 1 is 1.41 bits per heavy atom. The number of carboxylic acids is 1. The first-order valence-electron chi connectivity index (χ1n) is 6.27. The van der Waals surface area contributed by atoms with Crippen LogP contribution in [0.5, 0.6) is 0 Å². The highest BCUT2D eigenvalue weighted by atomic mass is 32.1. The molecule has 0 unspecified atom stereocenters. The first kappa shape index (κ1) is 12.6. The summed E-state index contributed by atoms with van der Waals surface area (Å²) in [7, 11) is 0. The number of rotatable bonds is 3. The number of hydrogen-bond acceptors (Lipinski definition) is 3. The Labute approximate surface area is 106 Å². The van der Waals surface area contributed by atoms with Crippen molar-refractivity contribution in [2.75, 3.05) is 0 Å². The van der Waals surface area contributed by atoms with Crippen LogP contribution in [-0.4, -0.2) is 16.1 Å². The van der Waals surface area contributed by atoms with E-state index in [1.807, 2.05) is 0 Å². The predicted molar refractivity (Wildman–Crippen MR) is 68.6 cm³/mol. The lowest BCUT2D eigenvalue weighted by molar-refractivity contribution is 0.0702. The van der Waals surface area contributed by atoms with E-state index in [1.165, 1.54) is 30.4 Å². The summed E-state index contributed by atoms with van der Waals surface area (Å²) < 4.78 is 0. The van der Waals surface area contributed by atoms with Crippen LogP contribution in [0.2, 0.25) is 0 Å². The van der Waals surface area contributed by atoms with E-state index in [-0.39, 0.29) is 0 Å². The van der Waals surface area contributed by atoms with E-state index in [9.17, 15) is 4.79 Å². The molecular formula is C13H19NO2S. The van der Waals surface area contributed by atoms with Crippen molar-refractivity contribution in [3.63, 3.8) is 0 Å². The van der Waals surface area contributed by atoms with Crippen molar-refractivity contribution in [3.8, 4) is 0 Å². The van der Waals surface area contributed by atoms with E-state index in [0.717, 1.165) is 29.7 Å². The quantitative estimate of drug-likeness (QED) is 0.892. The van der Waals surface area contributed by atoms with Gasteiger partial charge in [0.05, 0.1) is 11.2 Å². The van der Waals surface area contributed by atoms with Gasteiger partial charge < -0.3 is 5.11 Å². The second kappa shape index (κ2) is 5.17. The van der Waals surface area contributed by atoms with Gasteiger partial charge in [0.15, 0.2) is 0 Å². The molecule has 3 nitrogen and oxygen atoms in total. The molecule has 1 aliphatic carbocycles. The molecule has 0 atom stereocenters. The van der Waals surface area contributed by atoms with Crippen molar-refractivity contribution in [1.29, 1.82) is 0 Å². The van der Waals surface area contributed by atoms with Crippen LogP contribution in [0, 0.1) is 11.8 Å². The van der Waals surface area contributed by atoms with Crippen LogP contribution in [0.15, 0.2) is 6.20 Å². The standard InChI is InChI=1S/C13H19NO2S/c1-8(2)9-3-5-10(6-4-9)12-14-7-11(17-12)13(15)16/h7-10H,3-6H2,1-2H3,(H,15,16). The zero-order valence-corrected chi connectivity index (χ0v) is 11.2. The Kier molecular flexibility index (Phi) is 3.82. The minimum atomic E-state index is -0.857. The van der Waals surface area contributed by atoms with Gasteiger partial charge in [0.2, 0.25) is 0 Å². The number of nitrogens with zero attached hydrogens (tertiary/aromatic N) is 1. The Hall–Kier alpha value is -0.900. The number of carboxylic acid groups (broad SMARTS) is 1. The fourth-order valence-electron chi connectivity index (χ4n) is 2.61. The highest BCUT2D eigenvalue weighted by Crippen LogP contribution is 2.39. The van der Waals surface area contributed by atoms with Crippen molar-refractivity contribution >= 4 is 17.3 Å². The lowest BCUT2D eigenvalue weighted by Crippen LogP contribution is -2.17. The predicted octanol–water partition coefficient (Wildman–Crippen LogP) is 3.77. The Morgan fingerprint density at radius 3 is 2.53 bits per heavy atom. The van der Waals surface area contributed by atoms with Crippen LogP contribution in [0.4, 0.5) is 0 Å². The zero-order chi connectivity index (χ0) is 12.4. The van der Waals surface area contributed by atoms with E-state index in [1.54, 1.807) is 0 Å². The van der Waals surface area contributed by atoms with Crippen LogP contribution in [0.3, 0.4) is 0 Å². The van der Waals surface area contributed by atoms with E-state index in [0.29, 0.717) is 10.8 Å². The van der Waals surface area contributed by atoms with Gasteiger partial charge in [0, 0.05) is 5.92 Å². The third-order valence-corrected chi connectivity index (χ3v) is 4.95. The summed E-state index contributed by atoms with van der Waals surface area (Å²) >= 11 is 1.35. The van der Waals surface area contributed by atoms with Crippen molar-refractivity contribution < 1.29 is 9.90 Å². The molecule has 2 rings (SSSR count). The van der Waals surface area contributed by atoms with Crippen LogP contribution in [-0.2, 0) is 0 Å². The van der Waals surface area contributed by atoms with Crippen LogP contribution >= 0.6 is 11.3 Å². The SMILES string of the molecule is CC(C)C1CCC(c2ncc(C(=O)O)s2)CC1. The minimum absolute atomic E-state index is 0.367. The van der Waals surface area contributed by atoms with Gasteiger partial charge in [-0.1, -0.05) is 13.8 Å². The molecule has 94 valence electrons. The van der Waals surface area contributed by atoms with Crippen LogP contribution < -0.4 is 0 Å². The summed E-state index contributed by atoms with van der Waals surface area (Å²) in [6, 6.07) is 0. The van der Waals surface area contributed by atoms with Gasteiger partial charge >= 0.3 is 5.97 Å². The maximum absolute atomic E-state index is 10.8.